The summed E-state index contributed by atoms with van der Waals surface area (Å²) in [5, 5.41) is 0.821. The number of hydrogen-bond donors (Lipinski definition) is 2. The zero-order valence-electron chi connectivity index (χ0n) is 23.1. The number of benzene rings is 3. The van der Waals surface area contributed by atoms with Gasteiger partial charge in [0.1, 0.15) is 0 Å². The van der Waals surface area contributed by atoms with E-state index in [1.807, 2.05) is 36.4 Å². The molecule has 1 saturated heterocycles. The minimum atomic E-state index is -3.44. The first kappa shape index (κ1) is 31.1. The molecule has 1 heterocycles. The van der Waals surface area contributed by atoms with Crippen molar-refractivity contribution < 1.29 is 17.9 Å². The number of amides is 1. The maximum absolute atomic E-state index is 13.6. The van der Waals surface area contributed by atoms with Gasteiger partial charge >= 0.3 is 0 Å². The molecule has 1 aliphatic rings. The van der Waals surface area contributed by atoms with Crippen LogP contribution in [0.15, 0.2) is 66.7 Å². The molecule has 0 radical (unpaired) electrons. The topological polar surface area (TPSA) is 108 Å². The molecule has 3 N–H and O–H groups in total. The van der Waals surface area contributed by atoms with Gasteiger partial charge in [0.25, 0.3) is 0 Å². The molecule has 4 rings (SSSR count). The van der Waals surface area contributed by atoms with Crippen LogP contribution in [0.1, 0.15) is 11.6 Å². The molecule has 1 unspecified atom stereocenters. The van der Waals surface area contributed by atoms with Gasteiger partial charge in [0.15, 0.2) is 0 Å². The van der Waals surface area contributed by atoms with E-state index < -0.39 is 10.0 Å². The molecular formula is C29H35Cl2N5O4S. The highest BCUT2D eigenvalue weighted by Gasteiger charge is 2.27. The van der Waals surface area contributed by atoms with Crippen molar-refractivity contribution in [3.63, 3.8) is 0 Å². The number of nitrogens with one attached hydrogen (secondary N) is 1. The Morgan fingerprint density at radius 1 is 1.05 bits per heavy atom. The quantitative estimate of drug-likeness (QED) is 0.308. The Morgan fingerprint density at radius 3 is 2.37 bits per heavy atom. The van der Waals surface area contributed by atoms with Crippen molar-refractivity contribution in [2.45, 2.75) is 6.04 Å². The van der Waals surface area contributed by atoms with Crippen LogP contribution >= 0.6 is 23.2 Å². The van der Waals surface area contributed by atoms with Gasteiger partial charge in [0.05, 0.1) is 54.5 Å². The number of sulfonamides is 1. The van der Waals surface area contributed by atoms with Gasteiger partial charge in [-0.05, 0) is 35.4 Å². The highest BCUT2D eigenvalue weighted by atomic mass is 35.5. The Morgan fingerprint density at radius 2 is 1.73 bits per heavy atom. The van der Waals surface area contributed by atoms with Crippen LogP contribution in [0.2, 0.25) is 10.0 Å². The number of carbonyl (C=O) groups is 1. The summed E-state index contributed by atoms with van der Waals surface area (Å²) in [6.45, 7) is 3.66. The summed E-state index contributed by atoms with van der Waals surface area (Å²) in [5.41, 5.74) is 9.80. The van der Waals surface area contributed by atoms with Gasteiger partial charge in [0, 0.05) is 37.9 Å². The molecule has 9 nitrogen and oxygen atoms in total. The molecule has 1 amide bonds. The minimum absolute atomic E-state index is 0.0627. The average molecular weight is 621 g/mol. The Hall–Kier alpha value is -2.86. The van der Waals surface area contributed by atoms with Crippen LogP contribution < -0.4 is 15.4 Å². The van der Waals surface area contributed by atoms with E-state index in [0.717, 1.165) is 36.0 Å². The van der Waals surface area contributed by atoms with Crippen molar-refractivity contribution in [1.82, 2.24) is 9.80 Å². The third-order valence-corrected chi connectivity index (χ3v) is 8.37. The summed E-state index contributed by atoms with van der Waals surface area (Å²) in [7, 11) is -1.64. The van der Waals surface area contributed by atoms with Gasteiger partial charge in [-0.25, -0.2) is 8.42 Å². The number of nitrogens with zero attached hydrogens (tertiary/aromatic N) is 3. The third-order valence-electron chi connectivity index (χ3n) is 7.04. The van der Waals surface area contributed by atoms with Crippen LogP contribution in [0, 0.1) is 0 Å². The number of nitrogens with two attached hydrogens (primary N) is 1. The van der Waals surface area contributed by atoms with E-state index in [1.54, 1.807) is 47.2 Å². The molecule has 1 atom stereocenters. The number of morpholine rings is 1. The number of hydrogen-bond acceptors (Lipinski definition) is 7. The summed E-state index contributed by atoms with van der Waals surface area (Å²) >= 11 is 12.3. The normalized spacial score (nSPS) is 14.9. The van der Waals surface area contributed by atoms with Gasteiger partial charge in [0.2, 0.25) is 15.9 Å². The fourth-order valence-electron chi connectivity index (χ4n) is 4.78. The average Bonchev–Trinajstić information content (AvgIpc) is 2.96. The number of carbonyl (C=O) groups excluding carboxylic acids is 1. The molecule has 3 aromatic rings. The number of ether oxygens (including phenoxy) is 1. The fraction of sp³-hybridized carbons (Fsp3) is 0.345. The fourth-order valence-corrected chi connectivity index (χ4v) is 5.65. The molecule has 220 valence electrons. The Kier molecular flexibility index (Phi) is 10.5. The molecule has 12 heteroatoms. The summed E-state index contributed by atoms with van der Waals surface area (Å²) in [6, 6.07) is 20.0. The molecule has 0 aromatic heterocycles. The van der Waals surface area contributed by atoms with E-state index in [4.69, 9.17) is 33.7 Å². The highest BCUT2D eigenvalue weighted by Crippen LogP contribution is 2.31. The van der Waals surface area contributed by atoms with Crippen molar-refractivity contribution in [1.29, 1.82) is 0 Å². The maximum atomic E-state index is 13.6. The van der Waals surface area contributed by atoms with E-state index >= 15 is 0 Å². The number of anilines is 2. The number of rotatable bonds is 11. The zero-order valence-corrected chi connectivity index (χ0v) is 25.4. The Bertz CT molecular complexity index is 1450. The first-order valence-corrected chi connectivity index (χ1v) is 15.8. The van der Waals surface area contributed by atoms with Gasteiger partial charge in [-0.2, -0.15) is 0 Å². The molecule has 1 fully saturated rings. The van der Waals surface area contributed by atoms with Crippen LogP contribution in [0.5, 0.6) is 0 Å². The number of para-hydroxylation sites is 1. The second-order valence-electron chi connectivity index (χ2n) is 9.95. The molecule has 0 spiro atoms. The first-order chi connectivity index (χ1) is 19.6. The lowest BCUT2D eigenvalue weighted by molar-refractivity contribution is -0.131. The SMILES string of the molecule is CN(C(=O)CN(CN)c1ccc(Cl)c(Cl)c1)C(CN1CCOCC1)c1ccc(-c2ccccc2NS(C)(=O)=O)cc1. The van der Waals surface area contributed by atoms with E-state index in [-0.39, 0.29) is 25.2 Å². The predicted octanol–water partition coefficient (Wildman–Crippen LogP) is 4.29. The zero-order chi connectivity index (χ0) is 29.6. The summed E-state index contributed by atoms with van der Waals surface area (Å²) in [6.07, 6.45) is 1.13. The smallest absolute Gasteiger partial charge is 0.242 e. The van der Waals surface area contributed by atoms with Crippen LogP contribution in [-0.2, 0) is 19.6 Å². The van der Waals surface area contributed by atoms with Gasteiger partial charge < -0.3 is 20.3 Å². The van der Waals surface area contributed by atoms with Gasteiger partial charge in [-0.15, -0.1) is 0 Å². The van der Waals surface area contributed by atoms with Crippen LogP contribution in [0.25, 0.3) is 11.1 Å². The molecule has 0 saturated carbocycles. The lowest BCUT2D eigenvalue weighted by Gasteiger charge is -2.36. The first-order valence-electron chi connectivity index (χ1n) is 13.2. The van der Waals surface area contributed by atoms with E-state index in [9.17, 15) is 13.2 Å². The molecular weight excluding hydrogens is 585 g/mol. The Labute approximate surface area is 251 Å². The van der Waals surface area contributed by atoms with Gasteiger partial charge in [-0.1, -0.05) is 65.7 Å². The lowest BCUT2D eigenvalue weighted by Crippen LogP contribution is -2.47. The molecule has 1 aliphatic heterocycles. The van der Waals surface area contributed by atoms with E-state index in [0.29, 0.717) is 41.2 Å². The van der Waals surface area contributed by atoms with Crippen molar-refractivity contribution in [3.8, 4) is 11.1 Å². The van der Waals surface area contributed by atoms with E-state index in [1.165, 1.54) is 0 Å². The summed E-state index contributed by atoms with van der Waals surface area (Å²) in [5.74, 6) is -0.105. The highest BCUT2D eigenvalue weighted by molar-refractivity contribution is 7.92. The van der Waals surface area contributed by atoms with Crippen molar-refractivity contribution >= 4 is 50.5 Å². The third kappa shape index (κ3) is 8.34. The lowest BCUT2D eigenvalue weighted by atomic mass is 9.98. The molecule has 0 aliphatic carbocycles. The predicted molar refractivity (Wildman–Crippen MR) is 166 cm³/mol. The number of likely N-dealkylation sites (N-methyl/N-ethyl adjacent to an activating group) is 1. The van der Waals surface area contributed by atoms with Crippen LogP contribution in [0.4, 0.5) is 11.4 Å². The van der Waals surface area contributed by atoms with E-state index in [2.05, 4.69) is 9.62 Å². The van der Waals surface area contributed by atoms with Gasteiger partial charge in [-0.3, -0.25) is 14.4 Å². The van der Waals surface area contributed by atoms with Crippen LogP contribution in [-0.4, -0.2) is 83.5 Å². The number of halogens is 2. The van der Waals surface area contributed by atoms with Crippen molar-refractivity contribution in [2.24, 2.45) is 5.73 Å². The molecule has 0 bridgehead atoms. The minimum Gasteiger partial charge on any atom is -0.379 e. The molecule has 41 heavy (non-hydrogen) atoms. The summed E-state index contributed by atoms with van der Waals surface area (Å²) in [4.78, 5) is 19.4. The van der Waals surface area contributed by atoms with Crippen LogP contribution in [0.3, 0.4) is 0 Å². The largest absolute Gasteiger partial charge is 0.379 e. The Balaban J connectivity index is 1.59. The molecule has 3 aromatic carbocycles. The second-order valence-corrected chi connectivity index (χ2v) is 12.5. The van der Waals surface area contributed by atoms with Crippen molar-refractivity contribution in [3.05, 3.63) is 82.3 Å². The van der Waals surface area contributed by atoms with Crippen molar-refractivity contribution in [2.75, 3.05) is 69.0 Å². The summed E-state index contributed by atoms with van der Waals surface area (Å²) < 4.78 is 31.9. The second kappa shape index (κ2) is 13.9. The monoisotopic (exact) mass is 619 g/mol. The maximum Gasteiger partial charge on any atom is 0.242 e. The standard InChI is InChI=1S/C29H35Cl2N5O4S/c1-34(29(37)19-36(20-32)23-11-12-25(30)26(31)17-23)28(18-35-13-15-40-16-14-35)22-9-7-21(8-10-22)24-5-3-4-6-27(24)33-41(2,38)39/h3-12,17,28,33H,13-16,18-20,32H2,1-2H3.